The molecule has 0 spiro atoms. The fourth-order valence-electron chi connectivity index (χ4n) is 0.965. The van der Waals surface area contributed by atoms with Crippen molar-refractivity contribution in [1.29, 1.82) is 0 Å². The largest absolute Gasteiger partial charge is 0.263 e. The molecule has 0 aliphatic rings. The lowest BCUT2D eigenvalue weighted by Crippen LogP contribution is -1.84. The second kappa shape index (κ2) is 3.26. The second-order valence-electron chi connectivity index (χ2n) is 2.61. The molecule has 0 radical (unpaired) electrons. The molecule has 0 unspecified atom stereocenters. The normalized spacial score (nSPS) is 10.3. The van der Waals surface area contributed by atoms with Crippen molar-refractivity contribution in [1.82, 2.24) is 20.2 Å². The van der Waals surface area contributed by atoms with E-state index in [4.69, 9.17) is 0 Å². The van der Waals surface area contributed by atoms with Gasteiger partial charge in [-0.1, -0.05) is 0 Å². The quantitative estimate of drug-likeness (QED) is 0.827. The molecule has 0 bridgehead atoms. The first-order valence-electron chi connectivity index (χ1n) is 3.76. The van der Waals surface area contributed by atoms with Crippen LogP contribution in [-0.4, -0.2) is 20.2 Å². The molecule has 0 saturated carbocycles. The Morgan fingerprint density at radius 3 is 2.77 bits per heavy atom. The minimum Gasteiger partial charge on any atom is -0.263 e. The number of hydrogen-bond acceptors (Lipinski definition) is 3. The van der Waals surface area contributed by atoms with Gasteiger partial charge in [0.1, 0.15) is 11.5 Å². The molecule has 66 valence electrons. The van der Waals surface area contributed by atoms with Gasteiger partial charge in [-0.15, -0.1) is 0 Å². The summed E-state index contributed by atoms with van der Waals surface area (Å²) in [5.41, 5.74) is 0.771. The molecule has 2 rings (SSSR count). The highest BCUT2D eigenvalue weighted by Gasteiger charge is 2.03. The zero-order valence-corrected chi connectivity index (χ0v) is 8.54. The van der Waals surface area contributed by atoms with E-state index in [2.05, 4.69) is 36.1 Å². The van der Waals surface area contributed by atoms with Crippen molar-refractivity contribution in [3.63, 3.8) is 0 Å². The molecule has 0 amide bonds. The molecule has 2 aromatic rings. The van der Waals surface area contributed by atoms with Crippen molar-refractivity contribution in [2.45, 2.75) is 6.92 Å². The van der Waals surface area contributed by atoms with Crippen LogP contribution in [0.3, 0.4) is 0 Å². The SMILES string of the molecule is Cc1nc(-c2ccc(Br)cn2)n[nH]1. The van der Waals surface area contributed by atoms with Crippen LogP contribution < -0.4 is 0 Å². The summed E-state index contributed by atoms with van der Waals surface area (Å²) in [5.74, 6) is 1.42. The first kappa shape index (κ1) is 8.37. The van der Waals surface area contributed by atoms with Crippen LogP contribution in [0.2, 0.25) is 0 Å². The maximum Gasteiger partial charge on any atom is 0.199 e. The summed E-state index contributed by atoms with van der Waals surface area (Å²) >= 11 is 3.31. The Morgan fingerprint density at radius 2 is 2.23 bits per heavy atom. The van der Waals surface area contributed by atoms with E-state index in [1.165, 1.54) is 0 Å². The maximum absolute atomic E-state index is 4.17. The number of nitrogens with one attached hydrogen (secondary N) is 1. The third kappa shape index (κ3) is 1.75. The van der Waals surface area contributed by atoms with Gasteiger partial charge in [0.25, 0.3) is 0 Å². The number of pyridine rings is 1. The lowest BCUT2D eigenvalue weighted by Gasteiger charge is -1.92. The third-order valence-corrected chi connectivity index (χ3v) is 2.02. The number of halogens is 1. The summed E-state index contributed by atoms with van der Waals surface area (Å²) in [5, 5.41) is 6.77. The maximum atomic E-state index is 4.17. The minimum absolute atomic E-state index is 0.630. The predicted octanol–water partition coefficient (Wildman–Crippen LogP) is 1.94. The van der Waals surface area contributed by atoms with Crippen LogP contribution in [0.4, 0.5) is 0 Å². The molecular formula is C8H7BrN4. The van der Waals surface area contributed by atoms with Crippen LogP contribution >= 0.6 is 15.9 Å². The third-order valence-electron chi connectivity index (χ3n) is 1.55. The monoisotopic (exact) mass is 238 g/mol. The van der Waals surface area contributed by atoms with Crippen molar-refractivity contribution in [3.05, 3.63) is 28.6 Å². The Bertz CT molecular complexity index is 406. The zero-order valence-electron chi connectivity index (χ0n) is 6.95. The average molecular weight is 239 g/mol. The fourth-order valence-corrected chi connectivity index (χ4v) is 1.20. The van der Waals surface area contributed by atoms with Crippen molar-refractivity contribution < 1.29 is 0 Å². The molecule has 5 heteroatoms. The molecule has 0 aliphatic carbocycles. The van der Waals surface area contributed by atoms with Gasteiger partial charge in [0, 0.05) is 10.7 Å². The standard InChI is InChI=1S/C8H7BrN4/c1-5-11-8(13-12-5)7-3-2-6(9)4-10-7/h2-4H,1H3,(H,11,12,13). The molecular weight excluding hydrogens is 232 g/mol. The van der Waals surface area contributed by atoms with E-state index in [9.17, 15) is 0 Å². The van der Waals surface area contributed by atoms with Crippen LogP contribution in [0, 0.1) is 6.92 Å². The highest BCUT2D eigenvalue weighted by molar-refractivity contribution is 9.10. The van der Waals surface area contributed by atoms with Gasteiger partial charge in [-0.3, -0.25) is 10.1 Å². The molecule has 0 fully saturated rings. The van der Waals surface area contributed by atoms with Gasteiger partial charge in [0.15, 0.2) is 5.82 Å². The van der Waals surface area contributed by atoms with Crippen molar-refractivity contribution in [3.8, 4) is 11.5 Å². The molecule has 0 atom stereocenters. The molecule has 2 aromatic heterocycles. The van der Waals surface area contributed by atoms with Gasteiger partial charge in [-0.05, 0) is 35.0 Å². The number of rotatable bonds is 1. The molecule has 0 aromatic carbocycles. The highest BCUT2D eigenvalue weighted by Crippen LogP contribution is 2.14. The van der Waals surface area contributed by atoms with E-state index in [1.807, 2.05) is 19.1 Å². The summed E-state index contributed by atoms with van der Waals surface area (Å²) < 4.78 is 0.948. The predicted molar refractivity (Wildman–Crippen MR) is 52.1 cm³/mol. The van der Waals surface area contributed by atoms with Crippen LogP contribution in [0.5, 0.6) is 0 Å². The van der Waals surface area contributed by atoms with Gasteiger partial charge in [0.05, 0.1) is 0 Å². The molecule has 13 heavy (non-hydrogen) atoms. The first-order chi connectivity index (χ1) is 6.25. The van der Waals surface area contributed by atoms with E-state index in [0.29, 0.717) is 5.82 Å². The Morgan fingerprint density at radius 1 is 1.38 bits per heavy atom. The number of aromatic nitrogens is 4. The molecule has 0 saturated heterocycles. The Labute approximate surface area is 83.6 Å². The van der Waals surface area contributed by atoms with Crippen LogP contribution in [-0.2, 0) is 0 Å². The average Bonchev–Trinajstić information content (AvgIpc) is 2.53. The summed E-state index contributed by atoms with van der Waals surface area (Å²) in [7, 11) is 0. The lowest BCUT2D eigenvalue weighted by molar-refractivity contribution is 1.04. The summed E-state index contributed by atoms with van der Waals surface area (Å²) in [6.45, 7) is 1.86. The van der Waals surface area contributed by atoms with E-state index in [-0.39, 0.29) is 0 Å². The van der Waals surface area contributed by atoms with Crippen molar-refractivity contribution in [2.75, 3.05) is 0 Å². The van der Waals surface area contributed by atoms with Crippen molar-refractivity contribution in [2.24, 2.45) is 0 Å². The van der Waals surface area contributed by atoms with Crippen LogP contribution in [0.25, 0.3) is 11.5 Å². The van der Waals surface area contributed by atoms with Gasteiger partial charge < -0.3 is 0 Å². The topological polar surface area (TPSA) is 54.5 Å². The lowest BCUT2D eigenvalue weighted by atomic mass is 10.3. The summed E-state index contributed by atoms with van der Waals surface area (Å²) in [6, 6.07) is 3.78. The van der Waals surface area contributed by atoms with E-state index >= 15 is 0 Å². The molecule has 0 aliphatic heterocycles. The van der Waals surface area contributed by atoms with E-state index < -0.39 is 0 Å². The zero-order chi connectivity index (χ0) is 9.26. The van der Waals surface area contributed by atoms with Gasteiger partial charge in [0.2, 0.25) is 0 Å². The van der Waals surface area contributed by atoms with E-state index in [0.717, 1.165) is 16.0 Å². The second-order valence-corrected chi connectivity index (χ2v) is 3.52. The van der Waals surface area contributed by atoms with Crippen molar-refractivity contribution >= 4 is 15.9 Å². The Kier molecular flexibility index (Phi) is 2.10. The number of aryl methyl sites for hydroxylation is 1. The van der Waals surface area contributed by atoms with Gasteiger partial charge in [-0.2, -0.15) is 5.10 Å². The van der Waals surface area contributed by atoms with Crippen LogP contribution in [0.15, 0.2) is 22.8 Å². The summed E-state index contributed by atoms with van der Waals surface area (Å²) in [4.78, 5) is 8.34. The summed E-state index contributed by atoms with van der Waals surface area (Å²) in [6.07, 6.45) is 1.72. The molecule has 2 heterocycles. The van der Waals surface area contributed by atoms with Gasteiger partial charge >= 0.3 is 0 Å². The molecule has 1 N–H and O–H groups in total. The van der Waals surface area contributed by atoms with Crippen LogP contribution in [0.1, 0.15) is 5.82 Å². The number of H-pyrrole nitrogens is 1. The Hall–Kier alpha value is -1.23. The first-order valence-corrected chi connectivity index (χ1v) is 4.56. The van der Waals surface area contributed by atoms with E-state index in [1.54, 1.807) is 6.20 Å². The smallest absolute Gasteiger partial charge is 0.199 e. The number of nitrogens with zero attached hydrogens (tertiary/aromatic N) is 3. The highest BCUT2D eigenvalue weighted by atomic mass is 79.9. The fraction of sp³-hybridized carbons (Fsp3) is 0.125. The number of hydrogen-bond donors (Lipinski definition) is 1. The number of aromatic amines is 1. The molecule has 4 nitrogen and oxygen atoms in total. The van der Waals surface area contributed by atoms with Gasteiger partial charge in [-0.25, -0.2) is 4.98 Å². The Balaban J connectivity index is 2.41. The minimum atomic E-state index is 0.630.